The molecule has 0 spiro atoms. The van der Waals surface area contributed by atoms with Gasteiger partial charge in [-0.2, -0.15) is 0 Å². The van der Waals surface area contributed by atoms with Gasteiger partial charge in [0.1, 0.15) is 12.4 Å². The van der Waals surface area contributed by atoms with Crippen molar-refractivity contribution in [3.63, 3.8) is 0 Å². The molecule has 2 atom stereocenters. The third-order valence-corrected chi connectivity index (χ3v) is 5.52. The van der Waals surface area contributed by atoms with Crippen LogP contribution in [0.5, 0.6) is 0 Å². The maximum Gasteiger partial charge on any atom is 0.410 e. The van der Waals surface area contributed by atoms with Gasteiger partial charge in [0.25, 0.3) is 0 Å². The molecule has 2 fully saturated rings. The summed E-state index contributed by atoms with van der Waals surface area (Å²) in [4.78, 5) is 38.5. The summed E-state index contributed by atoms with van der Waals surface area (Å²) in [6.07, 6.45) is 5.01. The predicted octanol–water partition coefficient (Wildman–Crippen LogP) is 1.55. The van der Waals surface area contributed by atoms with Crippen molar-refractivity contribution < 1.29 is 14.3 Å². The molecule has 0 N–H and O–H groups in total. The number of anilines is 1. The molecule has 4 rings (SSSR count). The van der Waals surface area contributed by atoms with Gasteiger partial charge in [-0.25, -0.2) is 19.6 Å². The molecule has 1 aromatic rings. The van der Waals surface area contributed by atoms with Crippen LogP contribution >= 0.6 is 11.8 Å². The number of nitrogens with zero attached hydrogens (tertiary/aromatic N) is 5. The number of piperidine rings is 1. The molecule has 1 aromatic heterocycles. The molecule has 3 aliphatic heterocycles. The summed E-state index contributed by atoms with van der Waals surface area (Å²) in [5.74, 6) is 0.687. The molecule has 9 heteroatoms. The Morgan fingerprint density at radius 3 is 2.92 bits per heavy atom. The van der Waals surface area contributed by atoms with Gasteiger partial charge in [-0.15, -0.1) is 0 Å². The van der Waals surface area contributed by atoms with E-state index < -0.39 is 0 Å². The minimum Gasteiger partial charge on any atom is -0.447 e. The summed E-state index contributed by atoms with van der Waals surface area (Å²) in [6, 6.07) is 0.131. The minimum atomic E-state index is -0.233. The van der Waals surface area contributed by atoms with Crippen molar-refractivity contribution in [1.29, 1.82) is 0 Å². The number of thioether (sulfide) groups is 1. The molecule has 3 aliphatic rings. The van der Waals surface area contributed by atoms with E-state index in [-0.39, 0.29) is 24.2 Å². The largest absolute Gasteiger partial charge is 0.447 e. The van der Waals surface area contributed by atoms with Crippen LogP contribution in [0.1, 0.15) is 18.4 Å². The zero-order valence-corrected chi connectivity index (χ0v) is 14.5. The number of aromatic nitrogens is 2. The third-order valence-electron chi connectivity index (χ3n) is 4.96. The zero-order chi connectivity index (χ0) is 16.8. The minimum absolute atomic E-state index is 0.0445. The Labute approximate surface area is 144 Å². The molecule has 0 aromatic carbocycles. The Morgan fingerprint density at radius 1 is 1.29 bits per heavy atom. The summed E-state index contributed by atoms with van der Waals surface area (Å²) >= 11 is 1.46. The quantitative estimate of drug-likeness (QED) is 0.595. The van der Waals surface area contributed by atoms with Crippen LogP contribution in [-0.2, 0) is 11.3 Å². The molecule has 2 saturated heterocycles. The van der Waals surface area contributed by atoms with E-state index in [0.29, 0.717) is 30.7 Å². The number of hydrogen-bond donors (Lipinski definition) is 0. The number of hydrogen-bond acceptors (Lipinski definition) is 6. The van der Waals surface area contributed by atoms with Crippen molar-refractivity contribution in [3.8, 4) is 0 Å². The maximum atomic E-state index is 12.8. The van der Waals surface area contributed by atoms with Gasteiger partial charge in [0.2, 0.25) is 0 Å². The van der Waals surface area contributed by atoms with Gasteiger partial charge in [-0.05, 0) is 19.1 Å². The summed E-state index contributed by atoms with van der Waals surface area (Å²) in [5.41, 5.74) is 0.955. The lowest BCUT2D eigenvalue weighted by Crippen LogP contribution is -2.55. The average Bonchev–Trinajstić information content (AvgIpc) is 2.98. The average molecular weight is 349 g/mol. The highest BCUT2D eigenvalue weighted by Gasteiger charge is 2.42. The molecular weight excluding hydrogens is 330 g/mol. The van der Waals surface area contributed by atoms with E-state index in [1.165, 1.54) is 11.8 Å². The fourth-order valence-corrected chi connectivity index (χ4v) is 4.00. The van der Waals surface area contributed by atoms with Gasteiger partial charge >= 0.3 is 12.1 Å². The van der Waals surface area contributed by atoms with Crippen LogP contribution in [0.15, 0.2) is 11.4 Å². The fraction of sp³-hybridized carbons (Fsp3) is 0.600. The van der Waals surface area contributed by atoms with Gasteiger partial charge in [0.05, 0.1) is 12.6 Å². The van der Waals surface area contributed by atoms with Gasteiger partial charge in [-0.1, -0.05) is 11.8 Å². The Morgan fingerprint density at radius 2 is 2.12 bits per heavy atom. The number of urea groups is 1. The highest BCUT2D eigenvalue weighted by atomic mass is 32.2. The molecule has 8 nitrogen and oxygen atoms in total. The van der Waals surface area contributed by atoms with E-state index in [1.54, 1.807) is 23.0 Å². The van der Waals surface area contributed by atoms with Gasteiger partial charge < -0.3 is 14.5 Å². The first-order valence-corrected chi connectivity index (χ1v) is 9.18. The maximum absolute atomic E-state index is 12.8. The lowest BCUT2D eigenvalue weighted by Gasteiger charge is -2.43. The lowest BCUT2D eigenvalue weighted by atomic mass is 9.96. The van der Waals surface area contributed by atoms with Crippen LogP contribution in [0.3, 0.4) is 0 Å². The number of fused-ring (bicyclic) bond motifs is 2. The van der Waals surface area contributed by atoms with Crippen LogP contribution in [0.4, 0.5) is 15.4 Å². The van der Waals surface area contributed by atoms with E-state index in [4.69, 9.17) is 4.74 Å². The number of carbonyl (C=O) groups excluding carboxylic acids is 2. The molecule has 0 bridgehead atoms. The topological polar surface area (TPSA) is 78.9 Å². The van der Waals surface area contributed by atoms with E-state index >= 15 is 0 Å². The van der Waals surface area contributed by atoms with Crippen LogP contribution in [0, 0.1) is 0 Å². The van der Waals surface area contributed by atoms with E-state index in [0.717, 1.165) is 18.4 Å². The zero-order valence-electron chi connectivity index (χ0n) is 13.6. The van der Waals surface area contributed by atoms with Crippen LogP contribution in [-0.4, -0.2) is 70.4 Å². The second-order valence-corrected chi connectivity index (χ2v) is 7.05. The third kappa shape index (κ3) is 2.38. The second kappa shape index (κ2) is 5.80. The number of rotatable bonds is 2. The first kappa shape index (κ1) is 15.5. The molecule has 3 amide bonds. The van der Waals surface area contributed by atoms with Crippen LogP contribution < -0.4 is 4.90 Å². The van der Waals surface area contributed by atoms with E-state index in [2.05, 4.69) is 9.97 Å². The smallest absolute Gasteiger partial charge is 0.410 e. The standard InChI is InChI=1S/C15H19N5O3S/c1-18-12-9(6-16-13(17-12)24-2)7-20(14(18)21)10-3-4-19-11(5-10)8-23-15(19)22/h6,10-11H,3-5,7-8H2,1-2H3/t10-,11+/m0/s1. The van der Waals surface area contributed by atoms with Gasteiger partial charge in [-0.3, -0.25) is 4.90 Å². The van der Waals surface area contributed by atoms with Crippen molar-refractivity contribution >= 4 is 29.7 Å². The highest BCUT2D eigenvalue weighted by Crippen LogP contribution is 2.33. The molecule has 0 radical (unpaired) electrons. The first-order chi connectivity index (χ1) is 11.6. The first-order valence-electron chi connectivity index (χ1n) is 7.96. The second-order valence-electron chi connectivity index (χ2n) is 6.28. The normalized spacial score (nSPS) is 26.3. The van der Waals surface area contributed by atoms with Gasteiger partial charge in [0.15, 0.2) is 5.16 Å². The van der Waals surface area contributed by atoms with Crippen LogP contribution in [0.25, 0.3) is 0 Å². The summed E-state index contributed by atoms with van der Waals surface area (Å²) in [5, 5.41) is 0.664. The summed E-state index contributed by atoms with van der Waals surface area (Å²) in [6.45, 7) is 1.57. The number of amides is 3. The molecule has 0 saturated carbocycles. The van der Waals surface area contributed by atoms with Gasteiger partial charge in [0, 0.05) is 31.4 Å². The molecule has 4 heterocycles. The predicted molar refractivity (Wildman–Crippen MR) is 88.0 cm³/mol. The Balaban J connectivity index is 1.56. The highest BCUT2D eigenvalue weighted by molar-refractivity contribution is 7.98. The Kier molecular flexibility index (Phi) is 3.75. The van der Waals surface area contributed by atoms with Crippen molar-refractivity contribution in [3.05, 3.63) is 11.8 Å². The molecule has 0 aliphatic carbocycles. The SMILES string of the molecule is CSc1ncc2c(n1)N(C)C(=O)N([C@H]1CCN3C(=O)OC[C@H]3C1)C2. The monoisotopic (exact) mass is 349 g/mol. The molecule has 128 valence electrons. The fourth-order valence-electron chi connectivity index (χ4n) is 3.66. The summed E-state index contributed by atoms with van der Waals surface area (Å²) < 4.78 is 5.12. The van der Waals surface area contributed by atoms with Crippen LogP contribution in [0.2, 0.25) is 0 Å². The number of carbonyl (C=O) groups is 2. The number of ether oxygens (including phenoxy) is 1. The van der Waals surface area contributed by atoms with E-state index in [9.17, 15) is 9.59 Å². The van der Waals surface area contributed by atoms with Crippen molar-refractivity contribution in [1.82, 2.24) is 19.8 Å². The molecule has 24 heavy (non-hydrogen) atoms. The molecule has 0 unspecified atom stereocenters. The van der Waals surface area contributed by atoms with Crippen molar-refractivity contribution in [2.24, 2.45) is 0 Å². The Bertz CT molecular complexity index is 700. The summed E-state index contributed by atoms with van der Waals surface area (Å²) in [7, 11) is 1.75. The molecular formula is C15H19N5O3S. The van der Waals surface area contributed by atoms with Crippen molar-refractivity contribution in [2.75, 3.05) is 31.4 Å². The Hall–Kier alpha value is -2.03. The van der Waals surface area contributed by atoms with Crippen molar-refractivity contribution in [2.45, 2.75) is 36.6 Å². The number of cyclic esters (lactones) is 1. The van der Waals surface area contributed by atoms with E-state index in [1.807, 2.05) is 11.2 Å². The lowest BCUT2D eigenvalue weighted by molar-refractivity contribution is 0.111.